The maximum Gasteiger partial charge on any atom is 0.225 e. The lowest BCUT2D eigenvalue weighted by molar-refractivity contribution is -0.130. The summed E-state index contributed by atoms with van der Waals surface area (Å²) >= 11 is 0. The molecule has 0 aliphatic carbocycles. The van der Waals surface area contributed by atoms with E-state index >= 15 is 0 Å². The van der Waals surface area contributed by atoms with Gasteiger partial charge in [-0.15, -0.1) is 0 Å². The number of hydrogen-bond acceptors (Lipinski definition) is 3. The largest absolute Gasteiger partial charge is 0.396 e. The number of carbonyl (C=O) groups excluding carboxylic acids is 2. The number of hydrogen-bond donors (Lipinski definition) is 2. The minimum atomic E-state index is -0.101. The van der Waals surface area contributed by atoms with Gasteiger partial charge in [0.2, 0.25) is 11.8 Å². The fourth-order valence-electron chi connectivity index (χ4n) is 2.44. The number of nitrogens with zero attached hydrogens (tertiary/aromatic N) is 1. The Hall–Kier alpha value is -1.10. The molecule has 0 spiro atoms. The van der Waals surface area contributed by atoms with E-state index in [1.807, 2.05) is 20.8 Å². The van der Waals surface area contributed by atoms with Crippen molar-refractivity contribution in [3.05, 3.63) is 0 Å². The summed E-state index contributed by atoms with van der Waals surface area (Å²) < 4.78 is 0. The Bertz CT molecular complexity index is 318. The first-order valence-corrected chi connectivity index (χ1v) is 7.18. The van der Waals surface area contributed by atoms with Crippen molar-refractivity contribution in [2.45, 2.75) is 46.1 Å². The molecule has 0 radical (unpaired) electrons. The van der Waals surface area contributed by atoms with E-state index in [9.17, 15) is 9.59 Å². The summed E-state index contributed by atoms with van der Waals surface area (Å²) in [6.07, 6.45) is 1.81. The number of aliphatic hydroxyl groups is 1. The molecule has 5 heteroatoms. The van der Waals surface area contributed by atoms with Crippen molar-refractivity contribution >= 4 is 11.8 Å². The summed E-state index contributed by atoms with van der Waals surface area (Å²) in [6, 6.07) is 0.00780. The first-order valence-electron chi connectivity index (χ1n) is 7.18. The molecule has 110 valence electrons. The quantitative estimate of drug-likeness (QED) is 0.749. The van der Waals surface area contributed by atoms with Crippen molar-refractivity contribution < 1.29 is 14.7 Å². The third-order valence-electron chi connectivity index (χ3n) is 3.79. The summed E-state index contributed by atoms with van der Waals surface area (Å²) in [4.78, 5) is 25.5. The van der Waals surface area contributed by atoms with Gasteiger partial charge in [0.25, 0.3) is 0 Å². The number of carbonyl (C=O) groups is 2. The van der Waals surface area contributed by atoms with Gasteiger partial charge in [-0.05, 0) is 18.8 Å². The van der Waals surface area contributed by atoms with E-state index in [0.29, 0.717) is 31.8 Å². The van der Waals surface area contributed by atoms with E-state index in [1.165, 1.54) is 0 Å². The second-order valence-corrected chi connectivity index (χ2v) is 5.55. The second-order valence-electron chi connectivity index (χ2n) is 5.55. The Morgan fingerprint density at radius 2 is 2.11 bits per heavy atom. The third-order valence-corrected chi connectivity index (χ3v) is 3.79. The van der Waals surface area contributed by atoms with E-state index < -0.39 is 0 Å². The van der Waals surface area contributed by atoms with E-state index in [0.717, 1.165) is 6.42 Å². The van der Waals surface area contributed by atoms with E-state index in [4.69, 9.17) is 5.11 Å². The van der Waals surface area contributed by atoms with Gasteiger partial charge in [0.15, 0.2) is 0 Å². The van der Waals surface area contributed by atoms with Gasteiger partial charge in [-0.3, -0.25) is 9.59 Å². The van der Waals surface area contributed by atoms with Crippen molar-refractivity contribution in [3.63, 3.8) is 0 Å². The molecule has 2 N–H and O–H groups in total. The van der Waals surface area contributed by atoms with Gasteiger partial charge in [-0.2, -0.15) is 0 Å². The van der Waals surface area contributed by atoms with Crippen molar-refractivity contribution in [2.24, 2.45) is 11.8 Å². The fraction of sp³-hybridized carbons (Fsp3) is 0.857. The molecule has 5 nitrogen and oxygen atoms in total. The maximum atomic E-state index is 12.2. The summed E-state index contributed by atoms with van der Waals surface area (Å²) in [5.74, 6) is 0.325. The molecule has 2 atom stereocenters. The zero-order chi connectivity index (χ0) is 14.4. The minimum absolute atomic E-state index is 0.00780. The number of nitrogens with one attached hydrogen (secondary N) is 1. The van der Waals surface area contributed by atoms with Crippen molar-refractivity contribution in [2.75, 3.05) is 19.7 Å². The van der Waals surface area contributed by atoms with Crippen LogP contribution in [0.2, 0.25) is 0 Å². The Balaban J connectivity index is 2.48. The molecule has 19 heavy (non-hydrogen) atoms. The summed E-state index contributed by atoms with van der Waals surface area (Å²) in [6.45, 7) is 7.18. The van der Waals surface area contributed by atoms with E-state index in [1.54, 1.807) is 4.90 Å². The zero-order valence-corrected chi connectivity index (χ0v) is 12.2. The lowest BCUT2D eigenvalue weighted by Gasteiger charge is -2.23. The van der Waals surface area contributed by atoms with E-state index in [-0.39, 0.29) is 30.4 Å². The zero-order valence-electron chi connectivity index (χ0n) is 12.2. The molecule has 0 aromatic rings. The average Bonchev–Trinajstić information content (AvgIpc) is 2.86. The minimum Gasteiger partial charge on any atom is -0.396 e. The van der Waals surface area contributed by atoms with Gasteiger partial charge < -0.3 is 15.3 Å². The lowest BCUT2D eigenvalue weighted by Crippen LogP contribution is -2.43. The standard InChI is InChI=1S/C14H26N2O3/c1-4-13(18)16-7-5-11(9-16)14(19)15-12(6-8-17)10(2)3/h10-12,17H,4-9H2,1-3H3,(H,15,19). The number of rotatable bonds is 6. The molecule has 1 fully saturated rings. The smallest absolute Gasteiger partial charge is 0.225 e. The van der Waals surface area contributed by atoms with Crippen molar-refractivity contribution in [1.82, 2.24) is 10.2 Å². The Labute approximate surface area is 115 Å². The van der Waals surface area contributed by atoms with Gasteiger partial charge in [0, 0.05) is 32.2 Å². The van der Waals surface area contributed by atoms with Crippen molar-refractivity contribution in [3.8, 4) is 0 Å². The molecule has 2 amide bonds. The Morgan fingerprint density at radius 1 is 1.42 bits per heavy atom. The SMILES string of the molecule is CCC(=O)N1CCC(C(=O)NC(CCO)C(C)C)C1. The lowest BCUT2D eigenvalue weighted by atomic mass is 9.99. The summed E-state index contributed by atoms with van der Waals surface area (Å²) in [5.41, 5.74) is 0. The number of amides is 2. The van der Waals surface area contributed by atoms with Crippen LogP contribution in [0.3, 0.4) is 0 Å². The van der Waals surface area contributed by atoms with Gasteiger partial charge in [0.05, 0.1) is 5.92 Å². The van der Waals surface area contributed by atoms with E-state index in [2.05, 4.69) is 5.32 Å². The highest BCUT2D eigenvalue weighted by Crippen LogP contribution is 2.18. The van der Waals surface area contributed by atoms with Crippen LogP contribution in [0.1, 0.15) is 40.0 Å². The van der Waals surface area contributed by atoms with Gasteiger partial charge in [-0.25, -0.2) is 0 Å². The van der Waals surface area contributed by atoms with Gasteiger partial charge in [-0.1, -0.05) is 20.8 Å². The van der Waals surface area contributed by atoms with Crippen LogP contribution in [0, 0.1) is 11.8 Å². The highest BCUT2D eigenvalue weighted by Gasteiger charge is 2.31. The molecular formula is C14H26N2O3. The molecule has 1 heterocycles. The first-order chi connectivity index (χ1) is 8.99. The fourth-order valence-corrected chi connectivity index (χ4v) is 2.44. The van der Waals surface area contributed by atoms with Gasteiger partial charge in [0.1, 0.15) is 0 Å². The molecule has 1 rings (SSSR count). The number of aliphatic hydroxyl groups excluding tert-OH is 1. The van der Waals surface area contributed by atoms with Crippen LogP contribution < -0.4 is 5.32 Å². The molecule has 1 saturated heterocycles. The molecule has 0 aromatic heterocycles. The second kappa shape index (κ2) is 7.48. The van der Waals surface area contributed by atoms with Gasteiger partial charge >= 0.3 is 0 Å². The molecule has 0 aromatic carbocycles. The average molecular weight is 270 g/mol. The summed E-state index contributed by atoms with van der Waals surface area (Å²) in [5, 5.41) is 12.0. The van der Waals surface area contributed by atoms with Crippen LogP contribution in [0.25, 0.3) is 0 Å². The van der Waals surface area contributed by atoms with Crippen LogP contribution in [-0.2, 0) is 9.59 Å². The molecule has 1 aliphatic rings. The highest BCUT2D eigenvalue weighted by molar-refractivity contribution is 5.82. The topological polar surface area (TPSA) is 69.6 Å². The van der Waals surface area contributed by atoms with Crippen molar-refractivity contribution in [1.29, 1.82) is 0 Å². The Morgan fingerprint density at radius 3 is 2.63 bits per heavy atom. The normalized spacial score (nSPS) is 20.7. The van der Waals surface area contributed by atoms with Crippen LogP contribution >= 0.6 is 0 Å². The van der Waals surface area contributed by atoms with Crippen LogP contribution in [0.5, 0.6) is 0 Å². The summed E-state index contributed by atoms with van der Waals surface area (Å²) in [7, 11) is 0. The Kier molecular flexibility index (Phi) is 6.28. The third kappa shape index (κ3) is 4.49. The molecule has 1 aliphatic heterocycles. The molecular weight excluding hydrogens is 244 g/mol. The molecule has 2 unspecified atom stereocenters. The van der Waals surface area contributed by atoms with Crippen LogP contribution in [0.15, 0.2) is 0 Å². The molecule has 0 saturated carbocycles. The first kappa shape index (κ1) is 16.0. The predicted molar refractivity (Wildman–Crippen MR) is 73.4 cm³/mol. The molecule has 0 bridgehead atoms. The number of likely N-dealkylation sites (tertiary alicyclic amines) is 1. The monoisotopic (exact) mass is 270 g/mol. The highest BCUT2D eigenvalue weighted by atomic mass is 16.3. The predicted octanol–water partition coefficient (Wildman–Crippen LogP) is 0.768. The maximum absolute atomic E-state index is 12.2. The van der Waals surface area contributed by atoms with Crippen LogP contribution in [-0.4, -0.2) is 47.6 Å². The van der Waals surface area contributed by atoms with Crippen LogP contribution in [0.4, 0.5) is 0 Å².